The summed E-state index contributed by atoms with van der Waals surface area (Å²) in [4.78, 5) is 9.11. The average molecular weight is 271 g/mol. The lowest BCUT2D eigenvalue weighted by molar-refractivity contribution is 0.627. The fourth-order valence-corrected chi connectivity index (χ4v) is 2.80. The zero-order valence-electron chi connectivity index (χ0n) is 11.6. The third-order valence-electron chi connectivity index (χ3n) is 3.89. The van der Waals surface area contributed by atoms with E-state index in [0.717, 1.165) is 48.1 Å². The number of rotatable bonds is 1. The Labute approximate surface area is 118 Å². The predicted molar refractivity (Wildman–Crippen MR) is 77.8 cm³/mol. The Morgan fingerprint density at radius 3 is 2.70 bits per heavy atom. The molecule has 0 bridgehead atoms. The smallest absolute Gasteiger partial charge is 0.162 e. The van der Waals surface area contributed by atoms with Crippen LogP contribution >= 0.6 is 0 Å². The number of aromatic nitrogens is 2. The SMILES string of the molecule is Cc1cc(F)ccc1-c1nc(N)c2c(n1)CCCCC2. The van der Waals surface area contributed by atoms with Crippen molar-refractivity contribution in [2.75, 3.05) is 5.73 Å². The fourth-order valence-electron chi connectivity index (χ4n) is 2.80. The maximum atomic E-state index is 13.2. The van der Waals surface area contributed by atoms with Crippen LogP contribution in [0, 0.1) is 12.7 Å². The van der Waals surface area contributed by atoms with Crippen LogP contribution in [0.1, 0.15) is 36.1 Å². The molecular formula is C16H18FN3. The molecule has 0 unspecified atom stereocenters. The standard InChI is InChI=1S/C16H18FN3/c1-10-9-11(17)7-8-12(10)16-19-14-6-4-2-3-5-13(14)15(18)20-16/h7-9H,2-6H2,1H3,(H2,18,19,20). The van der Waals surface area contributed by atoms with E-state index in [1.807, 2.05) is 6.92 Å². The lowest BCUT2D eigenvalue weighted by Gasteiger charge is -2.11. The van der Waals surface area contributed by atoms with E-state index in [4.69, 9.17) is 5.73 Å². The largest absolute Gasteiger partial charge is 0.383 e. The highest BCUT2D eigenvalue weighted by Gasteiger charge is 2.16. The molecule has 0 amide bonds. The van der Waals surface area contributed by atoms with Gasteiger partial charge in [0, 0.05) is 16.8 Å². The Morgan fingerprint density at radius 1 is 1.10 bits per heavy atom. The second-order valence-corrected chi connectivity index (χ2v) is 5.38. The van der Waals surface area contributed by atoms with Crippen molar-refractivity contribution in [2.45, 2.75) is 39.0 Å². The van der Waals surface area contributed by atoms with E-state index < -0.39 is 0 Å². The van der Waals surface area contributed by atoms with Gasteiger partial charge >= 0.3 is 0 Å². The first-order valence-electron chi connectivity index (χ1n) is 7.07. The molecule has 4 heteroatoms. The lowest BCUT2D eigenvalue weighted by atomic mass is 10.1. The molecule has 1 heterocycles. The van der Waals surface area contributed by atoms with Crippen molar-refractivity contribution >= 4 is 5.82 Å². The molecule has 2 aromatic rings. The number of fused-ring (bicyclic) bond motifs is 1. The number of aryl methyl sites for hydroxylation is 2. The van der Waals surface area contributed by atoms with Gasteiger partial charge in [-0.1, -0.05) is 6.42 Å². The van der Waals surface area contributed by atoms with E-state index in [2.05, 4.69) is 9.97 Å². The number of nitrogens with zero attached hydrogens (tertiary/aromatic N) is 2. The van der Waals surface area contributed by atoms with E-state index in [1.165, 1.54) is 18.6 Å². The van der Waals surface area contributed by atoms with Gasteiger partial charge in [0.05, 0.1) is 0 Å². The minimum absolute atomic E-state index is 0.242. The molecule has 0 saturated heterocycles. The maximum Gasteiger partial charge on any atom is 0.162 e. The highest BCUT2D eigenvalue weighted by atomic mass is 19.1. The molecule has 3 rings (SSSR count). The van der Waals surface area contributed by atoms with Gasteiger partial charge in [0.25, 0.3) is 0 Å². The van der Waals surface area contributed by atoms with Gasteiger partial charge in [-0.2, -0.15) is 0 Å². The number of anilines is 1. The summed E-state index contributed by atoms with van der Waals surface area (Å²) in [6.45, 7) is 1.86. The predicted octanol–water partition coefficient (Wildman–Crippen LogP) is 3.44. The van der Waals surface area contributed by atoms with Crippen LogP contribution < -0.4 is 5.73 Å². The zero-order valence-corrected chi connectivity index (χ0v) is 11.6. The van der Waals surface area contributed by atoms with Crippen molar-refractivity contribution in [1.82, 2.24) is 9.97 Å². The number of hydrogen-bond donors (Lipinski definition) is 1. The van der Waals surface area contributed by atoms with Crippen LogP contribution in [0.2, 0.25) is 0 Å². The first kappa shape index (κ1) is 13.0. The summed E-state index contributed by atoms with van der Waals surface area (Å²) in [5, 5.41) is 0. The quantitative estimate of drug-likeness (QED) is 0.808. The summed E-state index contributed by atoms with van der Waals surface area (Å²) in [7, 11) is 0. The van der Waals surface area contributed by atoms with Crippen LogP contribution in [0.4, 0.5) is 10.2 Å². The lowest BCUT2D eigenvalue weighted by Crippen LogP contribution is -2.07. The average Bonchev–Trinajstić information content (AvgIpc) is 2.64. The Balaban J connectivity index is 2.11. The van der Waals surface area contributed by atoms with Crippen molar-refractivity contribution in [2.24, 2.45) is 0 Å². The molecule has 104 valence electrons. The molecule has 0 fully saturated rings. The van der Waals surface area contributed by atoms with E-state index in [0.29, 0.717) is 11.6 Å². The second kappa shape index (κ2) is 5.19. The molecule has 1 aromatic heterocycles. The van der Waals surface area contributed by atoms with Gasteiger partial charge in [-0.25, -0.2) is 14.4 Å². The summed E-state index contributed by atoms with van der Waals surface area (Å²) in [6, 6.07) is 4.66. The summed E-state index contributed by atoms with van der Waals surface area (Å²) in [6.07, 6.45) is 5.42. The van der Waals surface area contributed by atoms with E-state index in [9.17, 15) is 4.39 Å². The molecule has 1 aromatic carbocycles. The Bertz CT molecular complexity index is 652. The second-order valence-electron chi connectivity index (χ2n) is 5.38. The molecule has 3 nitrogen and oxygen atoms in total. The molecule has 1 aliphatic carbocycles. The molecule has 0 atom stereocenters. The summed E-state index contributed by atoms with van der Waals surface area (Å²) in [5.74, 6) is 0.949. The van der Waals surface area contributed by atoms with Crippen molar-refractivity contribution in [1.29, 1.82) is 0 Å². The van der Waals surface area contributed by atoms with Crippen LogP contribution in [0.3, 0.4) is 0 Å². The fraction of sp³-hybridized carbons (Fsp3) is 0.375. The van der Waals surface area contributed by atoms with E-state index in [-0.39, 0.29) is 5.82 Å². The molecule has 2 N–H and O–H groups in total. The minimum Gasteiger partial charge on any atom is -0.383 e. The molecule has 1 aliphatic rings. The first-order valence-corrected chi connectivity index (χ1v) is 7.07. The van der Waals surface area contributed by atoms with Gasteiger partial charge in [0.2, 0.25) is 0 Å². The summed E-state index contributed by atoms with van der Waals surface area (Å²) in [5.41, 5.74) is 9.95. The highest BCUT2D eigenvalue weighted by Crippen LogP contribution is 2.27. The van der Waals surface area contributed by atoms with Crippen LogP contribution in [-0.2, 0) is 12.8 Å². The van der Waals surface area contributed by atoms with Crippen LogP contribution in [0.15, 0.2) is 18.2 Å². The Morgan fingerprint density at radius 2 is 1.90 bits per heavy atom. The van der Waals surface area contributed by atoms with Crippen molar-refractivity contribution < 1.29 is 4.39 Å². The number of benzene rings is 1. The topological polar surface area (TPSA) is 51.8 Å². The van der Waals surface area contributed by atoms with E-state index >= 15 is 0 Å². The molecule has 20 heavy (non-hydrogen) atoms. The Kier molecular flexibility index (Phi) is 3.38. The van der Waals surface area contributed by atoms with Gasteiger partial charge < -0.3 is 5.73 Å². The van der Waals surface area contributed by atoms with Gasteiger partial charge in [-0.15, -0.1) is 0 Å². The number of halogens is 1. The maximum absolute atomic E-state index is 13.2. The van der Waals surface area contributed by atoms with Gasteiger partial charge in [0.1, 0.15) is 11.6 Å². The van der Waals surface area contributed by atoms with E-state index in [1.54, 1.807) is 6.07 Å². The van der Waals surface area contributed by atoms with Crippen LogP contribution in [-0.4, -0.2) is 9.97 Å². The first-order chi connectivity index (χ1) is 9.65. The number of nitrogens with two attached hydrogens (primary N) is 1. The Hall–Kier alpha value is -1.97. The summed E-state index contributed by atoms with van der Waals surface area (Å²) < 4.78 is 13.2. The van der Waals surface area contributed by atoms with Crippen LogP contribution in [0.25, 0.3) is 11.4 Å². The normalized spacial score (nSPS) is 14.7. The van der Waals surface area contributed by atoms with Crippen LogP contribution in [0.5, 0.6) is 0 Å². The van der Waals surface area contributed by atoms with Crippen molar-refractivity contribution in [3.05, 3.63) is 40.8 Å². The monoisotopic (exact) mass is 271 g/mol. The minimum atomic E-state index is -0.242. The van der Waals surface area contributed by atoms with Gasteiger partial charge in [-0.3, -0.25) is 0 Å². The molecular weight excluding hydrogens is 253 g/mol. The number of hydrogen-bond acceptors (Lipinski definition) is 3. The zero-order chi connectivity index (χ0) is 14.1. The molecule has 0 radical (unpaired) electrons. The molecule has 0 spiro atoms. The van der Waals surface area contributed by atoms with Gasteiger partial charge in [-0.05, 0) is 56.4 Å². The summed E-state index contributed by atoms with van der Waals surface area (Å²) >= 11 is 0. The molecule has 0 aliphatic heterocycles. The van der Waals surface area contributed by atoms with Crippen molar-refractivity contribution in [3.63, 3.8) is 0 Å². The highest BCUT2D eigenvalue weighted by molar-refractivity contribution is 5.62. The third-order valence-corrected chi connectivity index (χ3v) is 3.89. The molecule has 0 saturated carbocycles. The van der Waals surface area contributed by atoms with Crippen molar-refractivity contribution in [3.8, 4) is 11.4 Å². The van der Waals surface area contributed by atoms with Gasteiger partial charge in [0.15, 0.2) is 5.82 Å². The number of nitrogen functional groups attached to an aromatic ring is 1. The third kappa shape index (κ3) is 2.38.